The molecule has 1 aliphatic heterocycles. The molecule has 3 aromatic rings. The van der Waals surface area contributed by atoms with E-state index in [-0.39, 0.29) is 11.8 Å². The van der Waals surface area contributed by atoms with E-state index < -0.39 is 10.0 Å². The number of carbonyl (C=O) groups excluding carboxylic acids is 1. The van der Waals surface area contributed by atoms with Gasteiger partial charge in [0.15, 0.2) is 4.80 Å². The molecule has 162 valence electrons. The number of thiazole rings is 1. The van der Waals surface area contributed by atoms with Crippen molar-refractivity contribution in [3.05, 3.63) is 46.1 Å². The molecule has 0 atom stereocenters. The second-order valence-electron chi connectivity index (χ2n) is 7.39. The summed E-state index contributed by atoms with van der Waals surface area (Å²) >= 11 is 2.67. The minimum Gasteiger partial charge on any atom is -0.305 e. The summed E-state index contributed by atoms with van der Waals surface area (Å²) in [5.74, 6) is 2.15. The standard InChI is InChI=1S/C22H23N3O3S3/c1-3-11-25-18-8-7-16(4-2)15-19(18)30-22(25)23-21(26)17-9-12-24(13-10-17)31(27,28)20-6-5-14-29-20/h1,5-8,14-15,17H,4,9-13H2,2H3. The van der Waals surface area contributed by atoms with E-state index >= 15 is 0 Å². The SMILES string of the molecule is C#CCn1c(=NC(=O)C2CCN(S(=O)(=O)c3cccs3)CC2)sc2cc(CC)ccc21. The molecule has 1 aromatic carbocycles. The van der Waals surface area contributed by atoms with Crippen LogP contribution in [-0.2, 0) is 27.8 Å². The normalized spacial score (nSPS) is 16.6. The Kier molecular flexibility index (Phi) is 6.44. The number of carbonyl (C=O) groups is 1. The fraction of sp³-hybridized carbons (Fsp3) is 0.364. The second-order valence-corrected chi connectivity index (χ2v) is 11.5. The minimum absolute atomic E-state index is 0.207. The van der Waals surface area contributed by atoms with Gasteiger partial charge in [0.25, 0.3) is 15.9 Å². The first-order chi connectivity index (χ1) is 14.9. The van der Waals surface area contributed by atoms with Crippen molar-refractivity contribution in [2.45, 2.75) is 36.9 Å². The van der Waals surface area contributed by atoms with E-state index in [1.165, 1.54) is 32.5 Å². The van der Waals surface area contributed by atoms with Crippen LogP contribution in [0.3, 0.4) is 0 Å². The number of aryl methyl sites for hydroxylation is 1. The van der Waals surface area contributed by atoms with Gasteiger partial charge < -0.3 is 4.57 Å². The lowest BCUT2D eigenvalue weighted by molar-refractivity contribution is -0.122. The Morgan fingerprint density at radius 2 is 2.06 bits per heavy atom. The number of thiophene rings is 1. The van der Waals surface area contributed by atoms with E-state index in [1.807, 2.05) is 10.6 Å². The number of nitrogens with zero attached hydrogens (tertiary/aromatic N) is 3. The Bertz CT molecular complexity index is 1300. The molecular formula is C22H23N3O3S3. The zero-order valence-electron chi connectivity index (χ0n) is 17.2. The van der Waals surface area contributed by atoms with E-state index in [2.05, 4.69) is 30.0 Å². The van der Waals surface area contributed by atoms with Crippen LogP contribution in [-0.4, -0.2) is 36.3 Å². The van der Waals surface area contributed by atoms with Crippen molar-refractivity contribution in [1.82, 2.24) is 8.87 Å². The molecule has 2 aromatic heterocycles. The van der Waals surface area contributed by atoms with Crippen molar-refractivity contribution in [3.63, 3.8) is 0 Å². The average molecular weight is 474 g/mol. The van der Waals surface area contributed by atoms with Gasteiger partial charge in [0.2, 0.25) is 0 Å². The number of rotatable bonds is 5. The smallest absolute Gasteiger partial charge is 0.252 e. The third-order valence-corrected chi connectivity index (χ3v) is 9.82. The number of fused-ring (bicyclic) bond motifs is 1. The number of aromatic nitrogens is 1. The second kappa shape index (κ2) is 9.09. The van der Waals surface area contributed by atoms with Crippen molar-refractivity contribution >= 4 is 48.8 Å². The van der Waals surface area contributed by atoms with E-state index in [0.29, 0.717) is 41.5 Å². The highest BCUT2D eigenvalue weighted by Crippen LogP contribution is 2.27. The van der Waals surface area contributed by atoms with Gasteiger partial charge in [-0.05, 0) is 48.4 Å². The zero-order valence-corrected chi connectivity index (χ0v) is 19.6. The third-order valence-electron chi connectivity index (χ3n) is 5.50. The van der Waals surface area contributed by atoms with Crippen LogP contribution in [0.4, 0.5) is 0 Å². The molecule has 0 unspecified atom stereocenters. The maximum atomic E-state index is 12.9. The summed E-state index contributed by atoms with van der Waals surface area (Å²) in [6.45, 7) is 3.09. The Hall–Kier alpha value is -2.25. The summed E-state index contributed by atoms with van der Waals surface area (Å²) in [4.78, 5) is 17.9. The molecule has 1 amide bonds. The highest BCUT2D eigenvalue weighted by Gasteiger charge is 2.32. The number of benzene rings is 1. The number of hydrogen-bond acceptors (Lipinski definition) is 5. The summed E-state index contributed by atoms with van der Waals surface area (Å²) in [7, 11) is -3.48. The summed E-state index contributed by atoms with van der Waals surface area (Å²) in [5.41, 5.74) is 2.20. The maximum absolute atomic E-state index is 12.9. The minimum atomic E-state index is -3.48. The number of terminal acetylenes is 1. The van der Waals surface area contributed by atoms with Crippen LogP contribution in [0.5, 0.6) is 0 Å². The van der Waals surface area contributed by atoms with Crippen molar-refractivity contribution in [1.29, 1.82) is 0 Å². The number of amides is 1. The molecule has 0 spiro atoms. The van der Waals surface area contributed by atoms with Crippen LogP contribution in [0.25, 0.3) is 10.2 Å². The van der Waals surface area contributed by atoms with Gasteiger partial charge in [0.1, 0.15) is 4.21 Å². The highest BCUT2D eigenvalue weighted by atomic mass is 32.2. The monoisotopic (exact) mass is 473 g/mol. The van der Waals surface area contributed by atoms with Crippen LogP contribution in [0.15, 0.2) is 44.9 Å². The molecule has 0 aliphatic carbocycles. The molecule has 1 aliphatic rings. The first-order valence-corrected chi connectivity index (χ1v) is 13.3. The lowest BCUT2D eigenvalue weighted by atomic mass is 9.98. The maximum Gasteiger partial charge on any atom is 0.252 e. The molecular weight excluding hydrogens is 450 g/mol. The number of piperidine rings is 1. The van der Waals surface area contributed by atoms with Gasteiger partial charge in [-0.1, -0.05) is 36.3 Å². The predicted octanol–water partition coefficient (Wildman–Crippen LogP) is 3.49. The fourth-order valence-corrected chi connectivity index (χ4v) is 7.45. The van der Waals surface area contributed by atoms with Crippen molar-refractivity contribution in [2.75, 3.05) is 13.1 Å². The zero-order chi connectivity index (χ0) is 22.0. The highest BCUT2D eigenvalue weighted by molar-refractivity contribution is 7.91. The van der Waals surface area contributed by atoms with Gasteiger partial charge in [-0.2, -0.15) is 9.30 Å². The molecule has 31 heavy (non-hydrogen) atoms. The van der Waals surface area contributed by atoms with Gasteiger partial charge in [-0.25, -0.2) is 8.42 Å². The molecule has 0 N–H and O–H groups in total. The third kappa shape index (κ3) is 4.39. The first kappa shape index (κ1) is 22.0. The van der Waals surface area contributed by atoms with Gasteiger partial charge in [0.05, 0.1) is 16.8 Å². The van der Waals surface area contributed by atoms with E-state index in [9.17, 15) is 13.2 Å². The molecule has 0 bridgehead atoms. The summed E-state index contributed by atoms with van der Waals surface area (Å²) in [5, 5.41) is 1.75. The Balaban J connectivity index is 1.55. The fourth-order valence-electron chi connectivity index (χ4n) is 3.73. The molecule has 9 heteroatoms. The molecule has 0 radical (unpaired) electrons. The van der Waals surface area contributed by atoms with Crippen LogP contribution < -0.4 is 4.80 Å². The lowest BCUT2D eigenvalue weighted by Gasteiger charge is -2.29. The summed E-state index contributed by atoms with van der Waals surface area (Å²) in [6, 6.07) is 9.55. The quantitative estimate of drug-likeness (QED) is 0.533. The molecule has 0 saturated carbocycles. The van der Waals surface area contributed by atoms with E-state index in [4.69, 9.17) is 6.42 Å². The van der Waals surface area contributed by atoms with Crippen LogP contribution in [0.2, 0.25) is 0 Å². The number of hydrogen-bond donors (Lipinski definition) is 0. The molecule has 1 fully saturated rings. The van der Waals surface area contributed by atoms with Crippen LogP contribution >= 0.6 is 22.7 Å². The number of sulfonamides is 1. The van der Waals surface area contributed by atoms with Crippen molar-refractivity contribution in [2.24, 2.45) is 10.9 Å². The largest absolute Gasteiger partial charge is 0.305 e. The topological polar surface area (TPSA) is 71.7 Å². The molecule has 6 nitrogen and oxygen atoms in total. The van der Waals surface area contributed by atoms with Crippen molar-refractivity contribution < 1.29 is 13.2 Å². The Morgan fingerprint density at radius 3 is 2.71 bits per heavy atom. The first-order valence-electron chi connectivity index (χ1n) is 10.1. The van der Waals surface area contributed by atoms with Gasteiger partial charge in [0, 0.05) is 19.0 Å². The molecule has 1 saturated heterocycles. The van der Waals surface area contributed by atoms with E-state index in [1.54, 1.807) is 17.5 Å². The summed E-state index contributed by atoms with van der Waals surface area (Å²) < 4.78 is 30.1. The molecule has 4 rings (SSSR count). The summed E-state index contributed by atoms with van der Waals surface area (Å²) in [6.07, 6.45) is 7.41. The van der Waals surface area contributed by atoms with E-state index in [0.717, 1.165) is 16.6 Å². The van der Waals surface area contributed by atoms with Gasteiger partial charge >= 0.3 is 0 Å². The lowest BCUT2D eigenvalue weighted by Crippen LogP contribution is -2.40. The van der Waals surface area contributed by atoms with Crippen LogP contribution in [0.1, 0.15) is 25.3 Å². The van der Waals surface area contributed by atoms with Gasteiger partial charge in [-0.15, -0.1) is 17.8 Å². The van der Waals surface area contributed by atoms with Gasteiger partial charge in [-0.3, -0.25) is 4.79 Å². The Morgan fingerprint density at radius 1 is 1.29 bits per heavy atom. The molecule has 3 heterocycles. The predicted molar refractivity (Wildman–Crippen MR) is 124 cm³/mol. The van der Waals surface area contributed by atoms with Crippen molar-refractivity contribution in [3.8, 4) is 12.3 Å². The Labute approximate surface area is 189 Å². The average Bonchev–Trinajstić information content (AvgIpc) is 3.43. The van der Waals surface area contributed by atoms with Crippen LogP contribution in [0, 0.1) is 18.3 Å².